The lowest BCUT2D eigenvalue weighted by Crippen LogP contribution is -2.31. The molecule has 2 rings (SSSR count). The van der Waals surface area contributed by atoms with Gasteiger partial charge in [-0.25, -0.2) is 0 Å². The summed E-state index contributed by atoms with van der Waals surface area (Å²) < 4.78 is 14.4. The standard InChI is InChI=1S/C13H22N4OS/c1-10-11(6-4-7-14-10)12-13(16-19-15-12)18-9-5-8-17(2)3/h6,10,14H,4-5,7-9H2,1-3H3. The third kappa shape index (κ3) is 3.99. The maximum absolute atomic E-state index is 5.77. The fourth-order valence-corrected chi connectivity index (χ4v) is 2.64. The first-order chi connectivity index (χ1) is 9.18. The van der Waals surface area contributed by atoms with E-state index in [-0.39, 0.29) is 0 Å². The average molecular weight is 282 g/mol. The number of nitrogens with one attached hydrogen (secondary N) is 1. The molecule has 106 valence electrons. The van der Waals surface area contributed by atoms with Crippen molar-refractivity contribution in [2.45, 2.75) is 25.8 Å². The number of aromatic nitrogens is 2. The molecule has 0 bridgehead atoms. The molecule has 0 saturated carbocycles. The van der Waals surface area contributed by atoms with E-state index in [2.05, 4.69) is 46.1 Å². The maximum Gasteiger partial charge on any atom is 0.253 e. The van der Waals surface area contributed by atoms with E-state index in [0.717, 1.165) is 31.6 Å². The third-order valence-electron chi connectivity index (χ3n) is 3.15. The Morgan fingerprint density at radius 2 is 2.32 bits per heavy atom. The van der Waals surface area contributed by atoms with Crippen LogP contribution in [0.3, 0.4) is 0 Å². The van der Waals surface area contributed by atoms with Crippen molar-refractivity contribution in [1.82, 2.24) is 19.0 Å². The zero-order valence-electron chi connectivity index (χ0n) is 11.8. The SMILES string of the molecule is CC1NCCC=C1c1nsnc1OCCCN(C)C. The largest absolute Gasteiger partial charge is 0.475 e. The Hall–Kier alpha value is -0.980. The van der Waals surface area contributed by atoms with Gasteiger partial charge in [-0.2, -0.15) is 4.37 Å². The summed E-state index contributed by atoms with van der Waals surface area (Å²) in [6, 6.07) is 0.321. The lowest BCUT2D eigenvalue weighted by atomic mass is 10.0. The molecular weight excluding hydrogens is 260 g/mol. The van der Waals surface area contributed by atoms with Gasteiger partial charge in [0.1, 0.15) is 5.69 Å². The fourth-order valence-electron chi connectivity index (χ4n) is 2.12. The van der Waals surface area contributed by atoms with E-state index in [4.69, 9.17) is 4.74 Å². The Balaban J connectivity index is 1.95. The molecule has 1 aromatic heterocycles. The highest BCUT2D eigenvalue weighted by Gasteiger charge is 2.21. The van der Waals surface area contributed by atoms with Gasteiger partial charge in [0, 0.05) is 12.6 Å². The van der Waals surface area contributed by atoms with E-state index in [9.17, 15) is 0 Å². The number of ether oxygens (including phenoxy) is 1. The second-order valence-electron chi connectivity index (χ2n) is 5.05. The van der Waals surface area contributed by atoms with Gasteiger partial charge in [-0.3, -0.25) is 0 Å². The lowest BCUT2D eigenvalue weighted by molar-refractivity contribution is 0.274. The minimum absolute atomic E-state index is 0.321. The Labute approximate surface area is 119 Å². The second-order valence-corrected chi connectivity index (χ2v) is 5.58. The predicted octanol–water partition coefficient (Wildman–Crippen LogP) is 1.63. The van der Waals surface area contributed by atoms with Gasteiger partial charge < -0.3 is 15.0 Å². The molecule has 1 atom stereocenters. The van der Waals surface area contributed by atoms with Crippen molar-refractivity contribution >= 4 is 17.3 Å². The number of hydrogen-bond acceptors (Lipinski definition) is 6. The van der Waals surface area contributed by atoms with E-state index < -0.39 is 0 Å². The van der Waals surface area contributed by atoms with Crippen molar-refractivity contribution in [2.75, 3.05) is 33.8 Å². The van der Waals surface area contributed by atoms with Gasteiger partial charge in [-0.05, 0) is 46.0 Å². The van der Waals surface area contributed by atoms with Gasteiger partial charge in [0.2, 0.25) is 0 Å². The first kappa shape index (κ1) is 14.4. The summed E-state index contributed by atoms with van der Waals surface area (Å²) in [6.45, 7) is 4.89. The molecule has 1 unspecified atom stereocenters. The van der Waals surface area contributed by atoms with Crippen LogP contribution < -0.4 is 10.1 Å². The highest BCUT2D eigenvalue weighted by atomic mass is 32.1. The van der Waals surface area contributed by atoms with Crippen molar-refractivity contribution in [3.05, 3.63) is 11.8 Å². The van der Waals surface area contributed by atoms with E-state index in [1.807, 2.05) is 0 Å². The zero-order valence-corrected chi connectivity index (χ0v) is 12.7. The molecule has 0 aromatic carbocycles. The minimum Gasteiger partial charge on any atom is -0.475 e. The van der Waals surface area contributed by atoms with E-state index in [0.29, 0.717) is 18.5 Å². The van der Waals surface area contributed by atoms with Crippen LogP contribution in [0.2, 0.25) is 0 Å². The summed E-state index contributed by atoms with van der Waals surface area (Å²) in [7, 11) is 4.13. The molecule has 1 aromatic rings. The minimum atomic E-state index is 0.321. The molecule has 2 heterocycles. The Morgan fingerprint density at radius 3 is 3.05 bits per heavy atom. The molecule has 0 aliphatic carbocycles. The summed E-state index contributed by atoms with van der Waals surface area (Å²) in [5.74, 6) is 0.686. The second kappa shape index (κ2) is 6.98. The number of rotatable bonds is 6. The van der Waals surface area contributed by atoms with Gasteiger partial charge >= 0.3 is 0 Å². The van der Waals surface area contributed by atoms with Crippen LogP contribution in [0.15, 0.2) is 6.08 Å². The number of hydrogen-bond donors (Lipinski definition) is 1. The van der Waals surface area contributed by atoms with Crippen LogP contribution in [-0.4, -0.2) is 53.5 Å². The molecule has 0 amide bonds. The van der Waals surface area contributed by atoms with Crippen LogP contribution in [0.1, 0.15) is 25.5 Å². The molecule has 1 N–H and O–H groups in total. The van der Waals surface area contributed by atoms with Crippen LogP contribution >= 0.6 is 11.7 Å². The van der Waals surface area contributed by atoms with Crippen molar-refractivity contribution in [3.63, 3.8) is 0 Å². The normalized spacial score (nSPS) is 19.6. The highest BCUT2D eigenvalue weighted by molar-refractivity contribution is 6.99. The van der Waals surface area contributed by atoms with Crippen molar-refractivity contribution in [1.29, 1.82) is 0 Å². The summed E-state index contributed by atoms with van der Waals surface area (Å²) in [5.41, 5.74) is 2.12. The monoisotopic (exact) mass is 282 g/mol. The summed E-state index contributed by atoms with van der Waals surface area (Å²) in [4.78, 5) is 2.15. The summed E-state index contributed by atoms with van der Waals surface area (Å²) >= 11 is 1.22. The highest BCUT2D eigenvalue weighted by Crippen LogP contribution is 2.28. The first-order valence-corrected chi connectivity index (χ1v) is 7.45. The van der Waals surface area contributed by atoms with Gasteiger partial charge in [-0.15, -0.1) is 4.37 Å². The van der Waals surface area contributed by atoms with Crippen molar-refractivity contribution in [2.24, 2.45) is 0 Å². The molecule has 1 aliphatic heterocycles. The Kier molecular flexibility index (Phi) is 5.30. The smallest absolute Gasteiger partial charge is 0.253 e. The zero-order chi connectivity index (χ0) is 13.7. The third-order valence-corrected chi connectivity index (χ3v) is 3.66. The topological polar surface area (TPSA) is 50.3 Å². The van der Waals surface area contributed by atoms with E-state index in [1.54, 1.807) is 0 Å². The molecule has 1 aliphatic rings. The van der Waals surface area contributed by atoms with Gasteiger partial charge in [0.15, 0.2) is 0 Å². The van der Waals surface area contributed by atoms with Crippen molar-refractivity contribution < 1.29 is 4.74 Å². The van der Waals surface area contributed by atoms with E-state index in [1.165, 1.54) is 17.3 Å². The predicted molar refractivity (Wildman–Crippen MR) is 78.6 cm³/mol. The van der Waals surface area contributed by atoms with Crippen LogP contribution in [0.5, 0.6) is 5.88 Å². The van der Waals surface area contributed by atoms with E-state index >= 15 is 0 Å². The molecule has 19 heavy (non-hydrogen) atoms. The Bertz CT molecular complexity index is 430. The quantitative estimate of drug-likeness (QED) is 0.804. The molecule has 0 spiro atoms. The Morgan fingerprint density at radius 1 is 1.47 bits per heavy atom. The van der Waals surface area contributed by atoms with Crippen molar-refractivity contribution in [3.8, 4) is 5.88 Å². The van der Waals surface area contributed by atoms with Crippen LogP contribution in [-0.2, 0) is 0 Å². The van der Waals surface area contributed by atoms with Crippen LogP contribution in [0.25, 0.3) is 5.57 Å². The summed E-state index contributed by atoms with van der Waals surface area (Å²) in [5, 5.41) is 3.44. The lowest BCUT2D eigenvalue weighted by Gasteiger charge is -2.21. The molecule has 0 fully saturated rings. The molecule has 0 radical (unpaired) electrons. The maximum atomic E-state index is 5.77. The first-order valence-electron chi connectivity index (χ1n) is 6.72. The fraction of sp³-hybridized carbons (Fsp3) is 0.692. The molecule has 0 saturated heterocycles. The van der Waals surface area contributed by atoms with Gasteiger partial charge in [0.25, 0.3) is 5.88 Å². The number of nitrogens with zero attached hydrogens (tertiary/aromatic N) is 3. The molecule has 5 nitrogen and oxygen atoms in total. The van der Waals surface area contributed by atoms with Crippen LogP contribution in [0.4, 0.5) is 0 Å². The molecule has 6 heteroatoms. The summed E-state index contributed by atoms with van der Waals surface area (Å²) in [6.07, 6.45) is 4.28. The van der Waals surface area contributed by atoms with Gasteiger partial charge in [0.05, 0.1) is 18.3 Å². The molecular formula is C13H22N4OS. The van der Waals surface area contributed by atoms with Gasteiger partial charge in [-0.1, -0.05) is 6.08 Å². The average Bonchev–Trinajstić information content (AvgIpc) is 2.83. The van der Waals surface area contributed by atoms with Crippen LogP contribution in [0, 0.1) is 0 Å².